The predicted octanol–water partition coefficient (Wildman–Crippen LogP) is 5.72. The number of phenols is 1. The van der Waals surface area contributed by atoms with E-state index < -0.39 is 7.60 Å². The monoisotopic (exact) mass is 436 g/mol. The first-order chi connectivity index (χ1) is 12.2. The number of benzene rings is 3. The lowest BCUT2D eigenvalue weighted by atomic mass is 9.91. The summed E-state index contributed by atoms with van der Waals surface area (Å²) in [6, 6.07) is 13.1. The fraction of sp³-hybridized carbons (Fsp3) is 0.158. The van der Waals surface area contributed by atoms with E-state index >= 15 is 0 Å². The summed E-state index contributed by atoms with van der Waals surface area (Å²) in [7, 11) is -3.75. The number of aromatic hydroxyl groups is 1. The van der Waals surface area contributed by atoms with Gasteiger partial charge in [0.2, 0.25) is 0 Å². The summed E-state index contributed by atoms with van der Waals surface area (Å²) in [4.78, 5) is 14.2. The molecule has 0 aliphatic rings. The highest BCUT2D eigenvalue weighted by Gasteiger charge is 2.19. The average Bonchev–Trinajstić information content (AvgIpc) is 2.55. The Morgan fingerprint density at radius 2 is 1.65 bits per heavy atom. The van der Waals surface area contributed by atoms with E-state index in [9.17, 15) is 14.6 Å². The Hall–Kier alpha value is -1.85. The Bertz CT molecular complexity index is 1020. The lowest BCUT2D eigenvalue weighted by Gasteiger charge is -2.17. The molecule has 0 saturated heterocycles. The average molecular weight is 437 g/mol. The Morgan fingerprint density at radius 1 is 1.04 bits per heavy atom. The fourth-order valence-corrected chi connectivity index (χ4v) is 3.70. The molecule has 0 heterocycles. The second kappa shape index (κ2) is 7.05. The number of halogens is 1. The van der Waals surface area contributed by atoms with Crippen LogP contribution in [0.5, 0.6) is 11.5 Å². The zero-order chi connectivity index (χ0) is 19.1. The third kappa shape index (κ3) is 3.79. The first-order valence-electron chi connectivity index (χ1n) is 7.86. The molecule has 5 nitrogen and oxygen atoms in total. The van der Waals surface area contributed by atoms with Gasteiger partial charge in [0.15, 0.2) is 5.75 Å². The van der Waals surface area contributed by atoms with Crippen LogP contribution in [0.1, 0.15) is 11.1 Å². The van der Waals surface area contributed by atoms with Gasteiger partial charge < -0.3 is 14.9 Å². The smallest absolute Gasteiger partial charge is 0.363 e. The molecule has 0 amide bonds. The van der Waals surface area contributed by atoms with Crippen LogP contribution in [0.3, 0.4) is 0 Å². The Balaban J connectivity index is 2.18. The van der Waals surface area contributed by atoms with Crippen LogP contribution < -0.4 is 4.89 Å². The van der Waals surface area contributed by atoms with Gasteiger partial charge in [0.1, 0.15) is 5.75 Å². The molecule has 3 aromatic rings. The van der Waals surface area contributed by atoms with E-state index in [2.05, 4.69) is 20.6 Å². The van der Waals surface area contributed by atoms with Gasteiger partial charge in [-0.1, -0.05) is 24.3 Å². The molecule has 0 spiro atoms. The van der Waals surface area contributed by atoms with Gasteiger partial charge in [0.05, 0.1) is 4.47 Å². The van der Waals surface area contributed by atoms with Crippen LogP contribution >= 0.6 is 23.5 Å². The normalized spacial score (nSPS) is 13.6. The van der Waals surface area contributed by atoms with Crippen molar-refractivity contribution in [3.05, 3.63) is 58.1 Å². The van der Waals surface area contributed by atoms with Crippen LogP contribution in [0, 0.1) is 13.8 Å². The molecule has 0 fully saturated rings. The SMILES string of the molecule is Cc1cc(OOP(C)(=O)O)cc(C)c1-c1c(O)c(Br)cc2ccccc12. The number of hydrogen-bond acceptors (Lipinski definition) is 4. The van der Waals surface area contributed by atoms with Gasteiger partial charge in [-0.15, -0.1) is 4.67 Å². The maximum Gasteiger partial charge on any atom is 0.363 e. The largest absolute Gasteiger partial charge is 0.506 e. The van der Waals surface area contributed by atoms with Crippen molar-refractivity contribution in [2.24, 2.45) is 0 Å². The van der Waals surface area contributed by atoms with Crippen LogP contribution in [-0.2, 0) is 9.24 Å². The lowest BCUT2D eigenvalue weighted by molar-refractivity contribution is -0.107. The molecule has 0 aliphatic heterocycles. The van der Waals surface area contributed by atoms with Gasteiger partial charge in [-0.3, -0.25) is 4.57 Å². The van der Waals surface area contributed by atoms with Crippen LogP contribution in [0.25, 0.3) is 21.9 Å². The van der Waals surface area contributed by atoms with Gasteiger partial charge in [-0.2, -0.15) is 0 Å². The van der Waals surface area contributed by atoms with E-state index in [1.54, 1.807) is 12.1 Å². The van der Waals surface area contributed by atoms with Crippen LogP contribution in [0.15, 0.2) is 46.9 Å². The molecule has 1 unspecified atom stereocenters. The van der Waals surface area contributed by atoms with Crippen molar-refractivity contribution < 1.29 is 24.1 Å². The minimum atomic E-state index is -3.75. The molecule has 3 rings (SSSR count). The van der Waals surface area contributed by atoms with E-state index in [0.29, 0.717) is 10.2 Å². The minimum Gasteiger partial charge on any atom is -0.506 e. The van der Waals surface area contributed by atoms with Crippen molar-refractivity contribution in [2.45, 2.75) is 13.8 Å². The topological polar surface area (TPSA) is 76.0 Å². The molecule has 0 radical (unpaired) electrons. The third-order valence-electron chi connectivity index (χ3n) is 4.00. The number of aryl methyl sites for hydroxylation is 2. The van der Waals surface area contributed by atoms with Gasteiger partial charge in [-0.25, -0.2) is 0 Å². The van der Waals surface area contributed by atoms with Crippen molar-refractivity contribution >= 4 is 34.3 Å². The zero-order valence-electron chi connectivity index (χ0n) is 14.5. The van der Waals surface area contributed by atoms with Crippen molar-refractivity contribution in [2.75, 3.05) is 6.66 Å². The second-order valence-electron chi connectivity index (χ2n) is 6.20. The number of hydrogen-bond donors (Lipinski definition) is 2. The van der Waals surface area contributed by atoms with Gasteiger partial charge in [0, 0.05) is 12.2 Å². The van der Waals surface area contributed by atoms with E-state index in [-0.39, 0.29) is 5.75 Å². The lowest BCUT2D eigenvalue weighted by Crippen LogP contribution is -1.97. The molecule has 0 aromatic heterocycles. The van der Waals surface area contributed by atoms with Gasteiger partial charge in [0.25, 0.3) is 0 Å². The number of phenolic OH excluding ortho intramolecular Hbond substituents is 1. The fourth-order valence-electron chi connectivity index (χ4n) is 3.03. The summed E-state index contributed by atoms with van der Waals surface area (Å²) in [5.41, 5.74) is 3.27. The predicted molar refractivity (Wildman–Crippen MR) is 106 cm³/mol. The maximum atomic E-state index is 11.2. The quantitative estimate of drug-likeness (QED) is 0.310. The molecule has 1 atom stereocenters. The molecule has 26 heavy (non-hydrogen) atoms. The molecule has 0 aliphatic carbocycles. The molecule has 3 aromatic carbocycles. The van der Waals surface area contributed by atoms with Gasteiger partial charge in [-0.05, 0) is 75.4 Å². The molecule has 7 heteroatoms. The summed E-state index contributed by atoms with van der Waals surface area (Å²) in [6.07, 6.45) is 0. The van der Waals surface area contributed by atoms with E-state index in [1.165, 1.54) is 0 Å². The minimum absolute atomic E-state index is 0.160. The van der Waals surface area contributed by atoms with Crippen molar-refractivity contribution in [1.82, 2.24) is 0 Å². The summed E-state index contributed by atoms with van der Waals surface area (Å²) in [6.45, 7) is 4.82. The number of rotatable bonds is 4. The van der Waals surface area contributed by atoms with Crippen LogP contribution in [0.2, 0.25) is 0 Å². The highest BCUT2D eigenvalue weighted by atomic mass is 79.9. The highest BCUT2D eigenvalue weighted by molar-refractivity contribution is 9.10. The van der Waals surface area contributed by atoms with E-state index in [4.69, 9.17) is 4.89 Å². The molecule has 0 bridgehead atoms. The third-order valence-corrected chi connectivity index (χ3v) is 4.96. The summed E-state index contributed by atoms with van der Waals surface area (Å²) in [5, 5.41) is 12.6. The van der Waals surface area contributed by atoms with E-state index in [0.717, 1.165) is 39.7 Å². The first-order valence-corrected chi connectivity index (χ1v) is 10.7. The first kappa shape index (κ1) is 18.9. The van der Waals surface area contributed by atoms with Crippen molar-refractivity contribution in [3.8, 4) is 22.6 Å². The molecular formula is C19H18BrO5P. The number of fused-ring (bicyclic) bond motifs is 1. The molecule has 2 N–H and O–H groups in total. The van der Waals surface area contributed by atoms with Crippen molar-refractivity contribution in [1.29, 1.82) is 0 Å². The van der Waals surface area contributed by atoms with Gasteiger partial charge >= 0.3 is 7.60 Å². The Morgan fingerprint density at radius 3 is 2.27 bits per heavy atom. The summed E-state index contributed by atoms with van der Waals surface area (Å²) in [5.74, 6) is 0.479. The zero-order valence-corrected chi connectivity index (χ0v) is 17.0. The standard InChI is InChI=1S/C19H18BrO5P/c1-11-8-14(24-25-26(3,22)23)9-12(2)17(11)18-15-7-5-4-6-13(15)10-16(20)19(18)21/h4-10,21H,1-3H3,(H,22,23). The highest BCUT2D eigenvalue weighted by Crippen LogP contribution is 2.45. The van der Waals surface area contributed by atoms with Crippen LogP contribution in [0.4, 0.5) is 0 Å². The Kier molecular flexibility index (Phi) is 5.13. The molecule has 0 saturated carbocycles. The Labute approximate surface area is 159 Å². The van der Waals surface area contributed by atoms with Crippen LogP contribution in [-0.4, -0.2) is 16.7 Å². The summed E-state index contributed by atoms with van der Waals surface area (Å²) < 4.78 is 16.4. The molecule has 136 valence electrons. The van der Waals surface area contributed by atoms with Crippen molar-refractivity contribution in [3.63, 3.8) is 0 Å². The maximum absolute atomic E-state index is 11.2. The van der Waals surface area contributed by atoms with E-state index in [1.807, 2.05) is 44.2 Å². The summed E-state index contributed by atoms with van der Waals surface area (Å²) >= 11 is 3.42. The molecular weight excluding hydrogens is 419 g/mol. The second-order valence-corrected chi connectivity index (χ2v) is 8.81.